The number of ether oxygens (including phenoxy) is 1. The molecule has 0 spiro atoms. The number of rotatable bonds is 6. The van der Waals surface area contributed by atoms with Gasteiger partial charge in [0.05, 0.1) is 0 Å². The highest BCUT2D eigenvalue weighted by Crippen LogP contribution is 2.36. The first-order valence-corrected chi connectivity index (χ1v) is 8.80. The molecule has 1 heterocycles. The Kier molecular flexibility index (Phi) is 5.45. The monoisotopic (exact) mass is 378 g/mol. The van der Waals surface area contributed by atoms with E-state index in [1.54, 1.807) is 18.2 Å². The number of hydrogen-bond acceptors (Lipinski definition) is 5. The molecule has 1 atom stereocenters. The van der Waals surface area contributed by atoms with Gasteiger partial charge in [-0.05, 0) is 30.7 Å². The predicted octanol–water partition coefficient (Wildman–Crippen LogP) is 4.22. The highest BCUT2D eigenvalue weighted by Gasteiger charge is 2.17. The van der Waals surface area contributed by atoms with Crippen molar-refractivity contribution < 1.29 is 9.13 Å². The lowest BCUT2D eigenvalue weighted by Gasteiger charge is -2.12. The second kappa shape index (κ2) is 7.76. The molecule has 0 saturated carbocycles. The third-order valence-electron chi connectivity index (χ3n) is 3.55. The van der Waals surface area contributed by atoms with Gasteiger partial charge in [-0.15, -0.1) is 10.2 Å². The maximum atomic E-state index is 13.6. The first kappa shape index (κ1) is 17.6. The van der Waals surface area contributed by atoms with Crippen molar-refractivity contribution in [3.05, 3.63) is 70.8 Å². The summed E-state index contributed by atoms with van der Waals surface area (Å²) in [4.78, 5) is 0. The Morgan fingerprint density at radius 3 is 2.68 bits per heavy atom. The molecule has 3 rings (SSSR count). The standard InChI is InChI=1S/C17H16ClFN4OS/c1-11(12-6-2-3-7-13(12)18)25-17-22-21-16(23(17)20)10-24-15-9-5-4-8-14(15)19/h2-9,11H,10,20H2,1H3/t11-/m1/s1. The predicted molar refractivity (Wildman–Crippen MR) is 96.6 cm³/mol. The first-order valence-electron chi connectivity index (χ1n) is 7.54. The van der Waals surface area contributed by atoms with Crippen LogP contribution in [0, 0.1) is 5.82 Å². The van der Waals surface area contributed by atoms with Gasteiger partial charge in [-0.3, -0.25) is 0 Å². The Bertz CT molecular complexity index is 873. The number of aromatic nitrogens is 3. The number of hydrogen-bond donors (Lipinski definition) is 1. The fraction of sp³-hybridized carbons (Fsp3) is 0.176. The van der Waals surface area contributed by atoms with Crippen LogP contribution in [-0.2, 0) is 6.61 Å². The number of para-hydroxylation sites is 1. The van der Waals surface area contributed by atoms with Crippen molar-refractivity contribution >= 4 is 23.4 Å². The number of nitrogen functional groups attached to an aromatic ring is 1. The molecule has 2 N–H and O–H groups in total. The topological polar surface area (TPSA) is 66.0 Å². The van der Waals surface area contributed by atoms with Gasteiger partial charge in [0.15, 0.2) is 17.4 Å². The Balaban J connectivity index is 1.69. The lowest BCUT2D eigenvalue weighted by atomic mass is 10.2. The molecular weight excluding hydrogens is 363 g/mol. The number of nitrogens with zero attached hydrogens (tertiary/aromatic N) is 3. The van der Waals surface area contributed by atoms with Gasteiger partial charge >= 0.3 is 0 Å². The average molecular weight is 379 g/mol. The van der Waals surface area contributed by atoms with Crippen molar-refractivity contribution in [2.75, 3.05) is 5.84 Å². The van der Waals surface area contributed by atoms with Crippen LogP contribution < -0.4 is 10.6 Å². The van der Waals surface area contributed by atoms with Crippen molar-refractivity contribution in [3.63, 3.8) is 0 Å². The molecule has 1 aromatic heterocycles. The quantitative estimate of drug-likeness (QED) is 0.514. The molecule has 0 fully saturated rings. The SMILES string of the molecule is C[C@@H](Sc1nnc(COc2ccccc2F)n1N)c1ccccc1Cl. The molecule has 3 aromatic rings. The minimum absolute atomic E-state index is 0.0193. The normalized spacial score (nSPS) is 12.1. The molecule has 2 aromatic carbocycles. The zero-order valence-corrected chi connectivity index (χ0v) is 15.0. The van der Waals surface area contributed by atoms with E-state index >= 15 is 0 Å². The van der Waals surface area contributed by atoms with E-state index in [9.17, 15) is 4.39 Å². The van der Waals surface area contributed by atoms with E-state index < -0.39 is 5.82 Å². The zero-order valence-electron chi connectivity index (χ0n) is 13.4. The molecule has 0 unspecified atom stereocenters. The fourth-order valence-corrected chi connectivity index (χ4v) is 3.54. The van der Waals surface area contributed by atoms with Crippen molar-refractivity contribution in [1.82, 2.24) is 14.9 Å². The van der Waals surface area contributed by atoms with Gasteiger partial charge in [-0.2, -0.15) is 0 Å². The lowest BCUT2D eigenvalue weighted by molar-refractivity contribution is 0.277. The van der Waals surface area contributed by atoms with Crippen LogP contribution in [0.1, 0.15) is 23.6 Å². The van der Waals surface area contributed by atoms with Crippen LogP contribution in [0.4, 0.5) is 4.39 Å². The maximum Gasteiger partial charge on any atom is 0.210 e. The largest absolute Gasteiger partial charge is 0.482 e. The minimum Gasteiger partial charge on any atom is -0.482 e. The van der Waals surface area contributed by atoms with Gasteiger partial charge < -0.3 is 10.6 Å². The molecule has 0 radical (unpaired) electrons. The van der Waals surface area contributed by atoms with Crippen LogP contribution >= 0.6 is 23.4 Å². The van der Waals surface area contributed by atoms with Gasteiger partial charge in [-0.25, -0.2) is 9.07 Å². The molecule has 8 heteroatoms. The summed E-state index contributed by atoms with van der Waals surface area (Å²) in [5.41, 5.74) is 0.987. The van der Waals surface area contributed by atoms with Gasteiger partial charge in [0.2, 0.25) is 5.16 Å². The molecule has 130 valence electrons. The highest BCUT2D eigenvalue weighted by atomic mass is 35.5. The van der Waals surface area contributed by atoms with Crippen molar-refractivity contribution in [3.8, 4) is 5.75 Å². The summed E-state index contributed by atoms with van der Waals surface area (Å²) in [6, 6.07) is 13.8. The molecule has 0 aliphatic rings. The van der Waals surface area contributed by atoms with Crippen LogP contribution in [0.2, 0.25) is 5.02 Å². The summed E-state index contributed by atoms with van der Waals surface area (Å²) in [5.74, 6) is 6.14. The summed E-state index contributed by atoms with van der Waals surface area (Å²) in [6.45, 7) is 2.03. The Labute approximate surface area is 153 Å². The molecule has 0 amide bonds. The van der Waals surface area contributed by atoms with Crippen molar-refractivity contribution in [2.45, 2.75) is 23.9 Å². The second-order valence-corrected chi connectivity index (χ2v) is 6.98. The Morgan fingerprint density at radius 1 is 1.20 bits per heavy atom. The van der Waals surface area contributed by atoms with E-state index in [2.05, 4.69) is 10.2 Å². The van der Waals surface area contributed by atoms with E-state index in [4.69, 9.17) is 22.2 Å². The van der Waals surface area contributed by atoms with Gasteiger partial charge in [-0.1, -0.05) is 53.7 Å². The number of benzene rings is 2. The molecule has 0 aliphatic heterocycles. The third-order valence-corrected chi connectivity index (χ3v) is 4.99. The summed E-state index contributed by atoms with van der Waals surface area (Å²) < 4.78 is 20.3. The van der Waals surface area contributed by atoms with Gasteiger partial charge in [0, 0.05) is 10.3 Å². The summed E-state index contributed by atoms with van der Waals surface area (Å²) >= 11 is 7.65. The average Bonchev–Trinajstić information content (AvgIpc) is 2.94. The van der Waals surface area contributed by atoms with Crippen LogP contribution in [0.5, 0.6) is 5.75 Å². The minimum atomic E-state index is -0.437. The zero-order chi connectivity index (χ0) is 17.8. The van der Waals surface area contributed by atoms with E-state index in [-0.39, 0.29) is 17.6 Å². The van der Waals surface area contributed by atoms with E-state index in [1.165, 1.54) is 22.5 Å². The van der Waals surface area contributed by atoms with E-state index in [0.717, 1.165) is 5.56 Å². The summed E-state index contributed by atoms with van der Waals surface area (Å²) in [6.07, 6.45) is 0. The Morgan fingerprint density at radius 2 is 1.92 bits per heavy atom. The smallest absolute Gasteiger partial charge is 0.210 e. The van der Waals surface area contributed by atoms with Crippen LogP contribution in [0.15, 0.2) is 53.7 Å². The molecule has 0 aliphatic carbocycles. The second-order valence-electron chi connectivity index (χ2n) is 5.27. The van der Waals surface area contributed by atoms with Crippen LogP contribution in [0.3, 0.4) is 0 Å². The summed E-state index contributed by atoms with van der Waals surface area (Å²) in [5, 5.41) is 9.35. The van der Waals surface area contributed by atoms with Gasteiger partial charge in [0.1, 0.15) is 6.61 Å². The van der Waals surface area contributed by atoms with E-state index in [1.807, 2.05) is 31.2 Å². The van der Waals surface area contributed by atoms with E-state index in [0.29, 0.717) is 16.0 Å². The van der Waals surface area contributed by atoms with Crippen molar-refractivity contribution in [1.29, 1.82) is 0 Å². The maximum absolute atomic E-state index is 13.6. The lowest BCUT2D eigenvalue weighted by Crippen LogP contribution is -2.16. The number of thioether (sulfide) groups is 1. The molecule has 25 heavy (non-hydrogen) atoms. The fourth-order valence-electron chi connectivity index (χ4n) is 2.22. The highest BCUT2D eigenvalue weighted by molar-refractivity contribution is 7.99. The van der Waals surface area contributed by atoms with Gasteiger partial charge in [0.25, 0.3) is 0 Å². The summed E-state index contributed by atoms with van der Waals surface area (Å²) in [7, 11) is 0. The molecule has 0 bridgehead atoms. The molecule has 5 nitrogen and oxygen atoms in total. The van der Waals surface area contributed by atoms with Crippen molar-refractivity contribution in [2.24, 2.45) is 0 Å². The van der Waals surface area contributed by atoms with Crippen LogP contribution in [0.25, 0.3) is 0 Å². The molecule has 0 saturated heterocycles. The molecular formula is C17H16ClFN4OS. The third kappa shape index (κ3) is 4.05. The first-order chi connectivity index (χ1) is 12.1. The number of nitrogens with two attached hydrogens (primary N) is 1. The number of halogens is 2. The Hall–Kier alpha value is -2.25. The van der Waals surface area contributed by atoms with Crippen LogP contribution in [-0.4, -0.2) is 14.9 Å².